The van der Waals surface area contributed by atoms with Crippen molar-refractivity contribution in [3.63, 3.8) is 0 Å². The molecule has 1 aromatic heterocycles. The van der Waals surface area contributed by atoms with Crippen LogP contribution >= 0.6 is 34.5 Å². The van der Waals surface area contributed by atoms with Crippen molar-refractivity contribution in [1.29, 1.82) is 0 Å². The summed E-state index contributed by atoms with van der Waals surface area (Å²) in [6.07, 6.45) is 1.05. The summed E-state index contributed by atoms with van der Waals surface area (Å²) in [5.74, 6) is 0. The third-order valence-corrected chi connectivity index (χ3v) is 3.99. The quantitative estimate of drug-likeness (QED) is 0.804. The van der Waals surface area contributed by atoms with Crippen molar-refractivity contribution in [2.45, 2.75) is 13.0 Å². The van der Waals surface area contributed by atoms with E-state index in [4.69, 9.17) is 23.2 Å². The van der Waals surface area contributed by atoms with E-state index in [1.54, 1.807) is 17.4 Å². The first-order chi connectivity index (χ1) is 8.25. The summed E-state index contributed by atoms with van der Waals surface area (Å²) in [5.41, 5.74) is 1.05. The minimum absolute atomic E-state index is 0.726. The average molecular weight is 286 g/mol. The van der Waals surface area contributed by atoms with Gasteiger partial charge in [-0.3, -0.25) is 0 Å². The Labute approximate surface area is 115 Å². The van der Waals surface area contributed by atoms with E-state index < -0.39 is 0 Å². The summed E-state index contributed by atoms with van der Waals surface area (Å²) in [5, 5.41) is 6.96. The minimum atomic E-state index is 0.726. The molecular formula is C13H13Cl2NS. The first-order valence-electron chi connectivity index (χ1n) is 5.43. The molecule has 1 nitrogen and oxygen atoms in total. The second-order valence-corrected chi connectivity index (χ2v) is 5.62. The van der Waals surface area contributed by atoms with Gasteiger partial charge in [0.1, 0.15) is 0 Å². The number of hydrogen-bond acceptors (Lipinski definition) is 2. The molecule has 0 amide bonds. The van der Waals surface area contributed by atoms with Crippen LogP contribution in [0.5, 0.6) is 0 Å². The first-order valence-corrected chi connectivity index (χ1v) is 7.06. The Morgan fingerprint density at radius 2 is 2.06 bits per heavy atom. The highest BCUT2D eigenvalue weighted by Crippen LogP contribution is 2.20. The van der Waals surface area contributed by atoms with E-state index in [-0.39, 0.29) is 0 Å². The maximum Gasteiger partial charge on any atom is 0.0451 e. The lowest BCUT2D eigenvalue weighted by Gasteiger charge is -2.06. The summed E-state index contributed by atoms with van der Waals surface area (Å²) in [6.45, 7) is 1.70. The lowest BCUT2D eigenvalue weighted by Crippen LogP contribution is -2.16. The topological polar surface area (TPSA) is 12.0 Å². The van der Waals surface area contributed by atoms with Gasteiger partial charge >= 0.3 is 0 Å². The predicted molar refractivity (Wildman–Crippen MR) is 76.2 cm³/mol. The van der Waals surface area contributed by atoms with Crippen LogP contribution in [0, 0.1) is 0 Å². The van der Waals surface area contributed by atoms with Gasteiger partial charge in [-0.25, -0.2) is 0 Å². The molecule has 0 unspecified atom stereocenters. The molecule has 0 aliphatic heterocycles. The number of halogens is 2. The number of thiophene rings is 1. The number of nitrogens with one attached hydrogen (secondary N) is 1. The largest absolute Gasteiger partial charge is 0.312 e. The minimum Gasteiger partial charge on any atom is -0.312 e. The van der Waals surface area contributed by atoms with Gasteiger partial charge in [-0.05, 0) is 41.6 Å². The van der Waals surface area contributed by atoms with Crippen molar-refractivity contribution >= 4 is 34.5 Å². The van der Waals surface area contributed by atoms with Gasteiger partial charge in [0.2, 0.25) is 0 Å². The van der Waals surface area contributed by atoms with Gasteiger partial charge in [0.05, 0.1) is 0 Å². The molecule has 0 fully saturated rings. The molecule has 0 spiro atoms. The Kier molecular flexibility index (Phi) is 4.86. The average Bonchev–Trinajstić information content (AvgIpc) is 2.82. The van der Waals surface area contributed by atoms with Gasteiger partial charge in [0, 0.05) is 28.0 Å². The van der Waals surface area contributed by atoms with E-state index in [1.807, 2.05) is 12.1 Å². The second-order valence-electron chi connectivity index (χ2n) is 3.74. The van der Waals surface area contributed by atoms with Crippen LogP contribution in [0.1, 0.15) is 10.4 Å². The first kappa shape index (κ1) is 12.9. The summed E-state index contributed by atoms with van der Waals surface area (Å²) >= 11 is 13.8. The van der Waals surface area contributed by atoms with E-state index in [1.165, 1.54) is 4.88 Å². The fraction of sp³-hybridized carbons (Fsp3) is 0.231. The molecule has 1 N–H and O–H groups in total. The van der Waals surface area contributed by atoms with Crippen molar-refractivity contribution in [2.24, 2.45) is 0 Å². The van der Waals surface area contributed by atoms with Gasteiger partial charge in [-0.1, -0.05) is 29.3 Å². The zero-order valence-electron chi connectivity index (χ0n) is 9.25. The second kappa shape index (κ2) is 6.41. The van der Waals surface area contributed by atoms with Crippen molar-refractivity contribution in [2.75, 3.05) is 6.54 Å². The Hall–Kier alpha value is -0.540. The molecule has 4 heteroatoms. The summed E-state index contributed by atoms with van der Waals surface area (Å²) in [4.78, 5) is 1.40. The van der Waals surface area contributed by atoms with E-state index in [2.05, 4.69) is 22.8 Å². The van der Waals surface area contributed by atoms with Crippen molar-refractivity contribution in [3.05, 3.63) is 56.2 Å². The Morgan fingerprint density at radius 1 is 1.18 bits per heavy atom. The maximum atomic E-state index is 6.08. The van der Waals surface area contributed by atoms with Crippen LogP contribution < -0.4 is 5.32 Å². The number of benzene rings is 1. The monoisotopic (exact) mass is 285 g/mol. The molecule has 0 radical (unpaired) electrons. The van der Waals surface area contributed by atoms with E-state index in [0.29, 0.717) is 0 Å². The molecule has 2 rings (SSSR count). The fourth-order valence-corrected chi connectivity index (χ4v) is 2.66. The molecule has 0 saturated heterocycles. The van der Waals surface area contributed by atoms with Crippen LogP contribution in [0.4, 0.5) is 0 Å². The Balaban J connectivity index is 1.80. The van der Waals surface area contributed by atoms with Gasteiger partial charge < -0.3 is 5.32 Å². The van der Waals surface area contributed by atoms with E-state index >= 15 is 0 Å². The van der Waals surface area contributed by atoms with Crippen LogP contribution in [-0.4, -0.2) is 6.54 Å². The molecule has 17 heavy (non-hydrogen) atoms. The van der Waals surface area contributed by atoms with E-state index in [0.717, 1.165) is 35.1 Å². The zero-order valence-corrected chi connectivity index (χ0v) is 11.6. The summed E-state index contributed by atoms with van der Waals surface area (Å²) < 4.78 is 0. The molecule has 90 valence electrons. The van der Waals surface area contributed by atoms with Crippen LogP contribution in [0.15, 0.2) is 35.7 Å². The number of hydrogen-bond donors (Lipinski definition) is 1. The molecule has 0 atom stereocenters. The Bertz CT molecular complexity index is 468. The fourth-order valence-electron chi connectivity index (χ4n) is 1.57. The third-order valence-electron chi connectivity index (χ3n) is 2.45. The van der Waals surface area contributed by atoms with Crippen LogP contribution in [0.3, 0.4) is 0 Å². The lowest BCUT2D eigenvalue weighted by molar-refractivity contribution is 0.691. The third kappa shape index (κ3) is 4.00. The molecular weight excluding hydrogens is 273 g/mol. The maximum absolute atomic E-state index is 6.08. The molecule has 1 heterocycles. The highest BCUT2D eigenvalue weighted by molar-refractivity contribution is 7.09. The van der Waals surface area contributed by atoms with E-state index in [9.17, 15) is 0 Å². The molecule has 0 saturated carbocycles. The highest BCUT2D eigenvalue weighted by Gasteiger charge is 2.01. The molecule has 0 bridgehead atoms. The number of rotatable bonds is 5. The van der Waals surface area contributed by atoms with Crippen LogP contribution in [0.25, 0.3) is 0 Å². The Morgan fingerprint density at radius 3 is 2.82 bits per heavy atom. The molecule has 1 aromatic carbocycles. The van der Waals surface area contributed by atoms with Gasteiger partial charge in [-0.2, -0.15) is 0 Å². The zero-order chi connectivity index (χ0) is 12.1. The highest BCUT2D eigenvalue weighted by atomic mass is 35.5. The van der Waals surface area contributed by atoms with Crippen molar-refractivity contribution < 1.29 is 0 Å². The predicted octanol–water partition coefficient (Wildman–Crippen LogP) is 4.39. The van der Waals surface area contributed by atoms with Gasteiger partial charge in [0.15, 0.2) is 0 Å². The van der Waals surface area contributed by atoms with Gasteiger partial charge in [-0.15, -0.1) is 11.3 Å². The summed E-state index contributed by atoms with van der Waals surface area (Å²) in [7, 11) is 0. The molecule has 2 aromatic rings. The summed E-state index contributed by atoms with van der Waals surface area (Å²) in [6, 6.07) is 9.77. The standard InChI is InChI=1S/C13H13Cl2NS/c14-11-3-4-13(15)10(8-11)9-16-6-5-12-2-1-7-17-12/h1-4,7-8,16H,5-6,9H2. The smallest absolute Gasteiger partial charge is 0.0451 e. The van der Waals surface area contributed by atoms with Crippen LogP contribution in [-0.2, 0) is 13.0 Å². The normalized spacial score (nSPS) is 10.7. The van der Waals surface area contributed by atoms with Crippen molar-refractivity contribution in [1.82, 2.24) is 5.32 Å². The molecule has 0 aliphatic carbocycles. The molecule has 0 aliphatic rings. The SMILES string of the molecule is Clc1ccc(Cl)c(CNCCc2cccs2)c1. The van der Waals surface area contributed by atoms with Gasteiger partial charge in [0.25, 0.3) is 0 Å². The van der Waals surface area contributed by atoms with Crippen molar-refractivity contribution in [3.8, 4) is 0 Å². The lowest BCUT2D eigenvalue weighted by atomic mass is 10.2. The van der Waals surface area contributed by atoms with Crippen LogP contribution in [0.2, 0.25) is 10.0 Å².